The number of carbonyl (C=O) groups excluding carboxylic acids is 1. The summed E-state index contributed by atoms with van der Waals surface area (Å²) in [6.45, 7) is 0.444. The van der Waals surface area contributed by atoms with Crippen molar-refractivity contribution in [1.82, 2.24) is 5.32 Å². The van der Waals surface area contributed by atoms with Crippen LogP contribution in [0.1, 0.15) is 35.2 Å². The Balaban J connectivity index is 2.02. The number of hydrogen-bond donors (Lipinski definition) is 1. The molecular formula is C14H14BrClF3NO. The molecule has 0 bridgehead atoms. The number of hydrogen-bond acceptors (Lipinski definition) is 1. The summed E-state index contributed by atoms with van der Waals surface area (Å²) in [6.07, 6.45) is -1.82. The van der Waals surface area contributed by atoms with E-state index in [9.17, 15) is 18.0 Å². The second kappa shape index (κ2) is 6.57. The Morgan fingerprint density at radius 1 is 1.38 bits per heavy atom. The van der Waals surface area contributed by atoms with Crippen LogP contribution in [0.5, 0.6) is 0 Å². The van der Waals surface area contributed by atoms with Gasteiger partial charge in [-0.2, -0.15) is 13.2 Å². The Labute approximate surface area is 134 Å². The maximum Gasteiger partial charge on any atom is 0.417 e. The summed E-state index contributed by atoms with van der Waals surface area (Å²) in [5, 5.41) is 2.81. The summed E-state index contributed by atoms with van der Waals surface area (Å²) >= 11 is 8.83. The molecule has 1 saturated carbocycles. The van der Waals surface area contributed by atoms with Crippen LogP contribution in [-0.2, 0) is 6.18 Å². The SMILES string of the molecule is O=C(NCC1CCC(Cl)C1)c1ccc(Br)c(C(F)(F)F)c1. The monoisotopic (exact) mass is 383 g/mol. The van der Waals surface area contributed by atoms with Crippen LogP contribution in [0.2, 0.25) is 0 Å². The van der Waals surface area contributed by atoms with Gasteiger partial charge in [-0.25, -0.2) is 0 Å². The third kappa shape index (κ3) is 4.36. The molecule has 0 spiro atoms. The molecule has 116 valence electrons. The van der Waals surface area contributed by atoms with Crippen molar-refractivity contribution < 1.29 is 18.0 Å². The van der Waals surface area contributed by atoms with Crippen molar-refractivity contribution >= 4 is 33.4 Å². The highest BCUT2D eigenvalue weighted by molar-refractivity contribution is 9.10. The van der Waals surface area contributed by atoms with Crippen LogP contribution >= 0.6 is 27.5 Å². The molecule has 0 heterocycles. The third-order valence-corrected chi connectivity index (χ3v) is 4.65. The van der Waals surface area contributed by atoms with Crippen molar-refractivity contribution in [2.45, 2.75) is 30.8 Å². The standard InChI is InChI=1S/C14H14BrClF3NO/c15-12-4-2-9(6-11(12)14(17,18)19)13(21)20-7-8-1-3-10(16)5-8/h2,4,6,8,10H,1,3,5,7H2,(H,20,21). The van der Waals surface area contributed by atoms with Crippen LogP contribution in [0.25, 0.3) is 0 Å². The van der Waals surface area contributed by atoms with Crippen molar-refractivity contribution in [2.24, 2.45) is 5.92 Å². The summed E-state index contributed by atoms with van der Waals surface area (Å²) in [7, 11) is 0. The molecule has 0 aromatic heterocycles. The average Bonchev–Trinajstić information content (AvgIpc) is 2.81. The lowest BCUT2D eigenvalue weighted by atomic mass is 10.1. The second-order valence-corrected chi connectivity index (χ2v) is 6.65. The zero-order valence-electron chi connectivity index (χ0n) is 11.0. The van der Waals surface area contributed by atoms with E-state index in [4.69, 9.17) is 11.6 Å². The Morgan fingerprint density at radius 2 is 2.10 bits per heavy atom. The van der Waals surface area contributed by atoms with Crippen molar-refractivity contribution in [2.75, 3.05) is 6.54 Å². The van der Waals surface area contributed by atoms with Gasteiger partial charge in [0.05, 0.1) is 5.56 Å². The molecule has 1 aliphatic carbocycles. The molecule has 1 aromatic rings. The highest BCUT2D eigenvalue weighted by Crippen LogP contribution is 2.35. The first-order valence-electron chi connectivity index (χ1n) is 6.56. The molecule has 2 nitrogen and oxygen atoms in total. The van der Waals surface area contributed by atoms with Gasteiger partial charge in [-0.15, -0.1) is 11.6 Å². The summed E-state index contributed by atoms with van der Waals surface area (Å²) in [4.78, 5) is 11.9. The fourth-order valence-electron chi connectivity index (χ4n) is 2.42. The zero-order chi connectivity index (χ0) is 15.6. The highest BCUT2D eigenvalue weighted by Gasteiger charge is 2.33. The number of rotatable bonds is 3. The first-order valence-corrected chi connectivity index (χ1v) is 7.79. The number of alkyl halides is 4. The van der Waals surface area contributed by atoms with E-state index in [-0.39, 0.29) is 15.4 Å². The molecule has 1 fully saturated rings. The van der Waals surface area contributed by atoms with Gasteiger partial charge in [0.15, 0.2) is 0 Å². The zero-order valence-corrected chi connectivity index (χ0v) is 13.4. The fraction of sp³-hybridized carbons (Fsp3) is 0.500. The first kappa shape index (κ1) is 16.6. The third-order valence-electron chi connectivity index (χ3n) is 3.56. The summed E-state index contributed by atoms with van der Waals surface area (Å²) in [5.74, 6) is -0.194. The number of nitrogens with one attached hydrogen (secondary N) is 1. The molecule has 0 saturated heterocycles. The molecule has 7 heteroatoms. The first-order chi connectivity index (χ1) is 9.77. The molecule has 2 rings (SSSR count). The van der Waals surface area contributed by atoms with E-state index in [1.165, 1.54) is 12.1 Å². The van der Waals surface area contributed by atoms with Gasteiger partial charge in [0.25, 0.3) is 5.91 Å². The van der Waals surface area contributed by atoms with Crippen molar-refractivity contribution in [3.05, 3.63) is 33.8 Å². The molecule has 21 heavy (non-hydrogen) atoms. The number of carbonyl (C=O) groups is 1. The largest absolute Gasteiger partial charge is 0.417 e. The molecule has 1 aliphatic rings. The molecule has 0 aliphatic heterocycles. The van der Waals surface area contributed by atoms with E-state index >= 15 is 0 Å². The van der Waals surface area contributed by atoms with Crippen LogP contribution in [0.15, 0.2) is 22.7 Å². The molecule has 2 unspecified atom stereocenters. The van der Waals surface area contributed by atoms with Crippen LogP contribution in [0.3, 0.4) is 0 Å². The summed E-state index contributed by atoms with van der Waals surface area (Å²) < 4.78 is 38.3. The topological polar surface area (TPSA) is 29.1 Å². The van der Waals surface area contributed by atoms with Crippen LogP contribution in [0, 0.1) is 5.92 Å². The Morgan fingerprint density at radius 3 is 2.67 bits per heavy atom. The van der Waals surface area contributed by atoms with E-state index in [1.807, 2.05) is 0 Å². The van der Waals surface area contributed by atoms with Crippen LogP contribution in [0.4, 0.5) is 13.2 Å². The lowest BCUT2D eigenvalue weighted by molar-refractivity contribution is -0.138. The number of amides is 1. The van der Waals surface area contributed by atoms with E-state index in [0.717, 1.165) is 25.3 Å². The van der Waals surface area contributed by atoms with E-state index in [0.29, 0.717) is 12.5 Å². The fourth-order valence-corrected chi connectivity index (χ4v) is 3.27. The molecule has 1 N–H and O–H groups in total. The predicted molar refractivity (Wildman–Crippen MR) is 78.5 cm³/mol. The minimum atomic E-state index is -4.49. The van der Waals surface area contributed by atoms with Gasteiger partial charge in [-0.05, 0) is 43.4 Å². The Hall–Kier alpha value is -0.750. The average molecular weight is 385 g/mol. The minimum absolute atomic E-state index is 0.00551. The Bertz CT molecular complexity index is 535. The van der Waals surface area contributed by atoms with E-state index in [2.05, 4.69) is 21.2 Å². The summed E-state index contributed by atoms with van der Waals surface area (Å²) in [6, 6.07) is 3.47. The molecule has 0 radical (unpaired) electrons. The van der Waals surface area contributed by atoms with Gasteiger partial charge in [0.1, 0.15) is 0 Å². The smallest absolute Gasteiger partial charge is 0.352 e. The molecular weight excluding hydrogens is 371 g/mol. The normalized spacial score (nSPS) is 22.3. The lowest BCUT2D eigenvalue weighted by Gasteiger charge is -2.13. The van der Waals surface area contributed by atoms with Gasteiger partial charge >= 0.3 is 6.18 Å². The van der Waals surface area contributed by atoms with Gasteiger partial charge in [-0.1, -0.05) is 15.9 Å². The molecule has 1 amide bonds. The Kier molecular flexibility index (Phi) is 5.20. The lowest BCUT2D eigenvalue weighted by Crippen LogP contribution is -2.28. The van der Waals surface area contributed by atoms with Crippen molar-refractivity contribution in [3.63, 3.8) is 0 Å². The molecule has 1 aromatic carbocycles. The van der Waals surface area contributed by atoms with Crippen LogP contribution < -0.4 is 5.32 Å². The quantitative estimate of drug-likeness (QED) is 0.758. The summed E-state index contributed by atoms with van der Waals surface area (Å²) in [5.41, 5.74) is -0.845. The number of halogens is 5. The van der Waals surface area contributed by atoms with E-state index < -0.39 is 17.6 Å². The van der Waals surface area contributed by atoms with E-state index in [1.54, 1.807) is 0 Å². The van der Waals surface area contributed by atoms with Gasteiger partial charge in [0, 0.05) is 22.0 Å². The van der Waals surface area contributed by atoms with Crippen molar-refractivity contribution in [3.8, 4) is 0 Å². The molecule has 2 atom stereocenters. The maximum absolute atomic E-state index is 12.8. The maximum atomic E-state index is 12.8. The number of benzene rings is 1. The van der Waals surface area contributed by atoms with Crippen LogP contribution in [-0.4, -0.2) is 17.8 Å². The van der Waals surface area contributed by atoms with Gasteiger partial charge < -0.3 is 5.32 Å². The van der Waals surface area contributed by atoms with Gasteiger partial charge in [-0.3, -0.25) is 4.79 Å². The minimum Gasteiger partial charge on any atom is -0.352 e. The van der Waals surface area contributed by atoms with Crippen molar-refractivity contribution in [1.29, 1.82) is 0 Å². The predicted octanol–water partition coefficient (Wildman–Crippen LogP) is 4.61. The van der Waals surface area contributed by atoms with Gasteiger partial charge in [0.2, 0.25) is 0 Å². The highest BCUT2D eigenvalue weighted by atomic mass is 79.9. The second-order valence-electron chi connectivity index (χ2n) is 5.18.